The lowest BCUT2D eigenvalue weighted by molar-refractivity contribution is 0.562. The Labute approximate surface area is 133 Å². The maximum atomic E-state index is 12.0. The number of hydrogen-bond acceptors (Lipinski definition) is 4. The smallest absolute Gasteiger partial charge is 0.156 e. The Balaban J connectivity index is 2.43. The molecule has 0 fully saturated rings. The Morgan fingerprint density at radius 1 is 1.14 bits per heavy atom. The zero-order valence-corrected chi connectivity index (χ0v) is 15.1. The summed E-state index contributed by atoms with van der Waals surface area (Å²) in [5.41, 5.74) is 1.26. The first-order chi connectivity index (χ1) is 9.76. The van der Waals surface area contributed by atoms with Gasteiger partial charge in [-0.2, -0.15) is 0 Å². The van der Waals surface area contributed by atoms with Crippen molar-refractivity contribution in [2.24, 2.45) is 0 Å². The summed E-state index contributed by atoms with van der Waals surface area (Å²) in [7, 11) is -3.02. The fourth-order valence-electron chi connectivity index (χ4n) is 1.69. The second-order valence-corrected chi connectivity index (χ2v) is 10.1. The zero-order chi connectivity index (χ0) is 15.9. The Morgan fingerprint density at radius 3 is 2.29 bits per heavy atom. The van der Waals surface area contributed by atoms with E-state index in [1.54, 1.807) is 32.5 Å². The number of nitrogens with one attached hydrogen (secondary N) is 1. The Bertz CT molecular complexity index is 516. The standard InChI is InChI=1S/C16H27NO2S2/c1-5-10-17-13-14-6-8-15(9-7-14)20-11-12-21(18,19)16(2,3)4/h6-9,17H,5,10-13H2,1-4H3. The molecule has 0 spiro atoms. The predicted molar refractivity (Wildman–Crippen MR) is 92.7 cm³/mol. The van der Waals surface area contributed by atoms with Crippen LogP contribution in [0.3, 0.4) is 0 Å². The molecule has 0 aliphatic rings. The summed E-state index contributed by atoms with van der Waals surface area (Å²) in [6.45, 7) is 9.33. The van der Waals surface area contributed by atoms with E-state index < -0.39 is 14.6 Å². The van der Waals surface area contributed by atoms with Crippen LogP contribution in [0.4, 0.5) is 0 Å². The summed E-state index contributed by atoms with van der Waals surface area (Å²) in [5, 5.41) is 3.36. The largest absolute Gasteiger partial charge is 0.313 e. The van der Waals surface area contributed by atoms with E-state index >= 15 is 0 Å². The highest BCUT2D eigenvalue weighted by molar-refractivity contribution is 8.01. The van der Waals surface area contributed by atoms with E-state index in [1.807, 2.05) is 0 Å². The van der Waals surface area contributed by atoms with Gasteiger partial charge in [0.15, 0.2) is 9.84 Å². The molecule has 0 aromatic heterocycles. The third kappa shape index (κ3) is 6.41. The minimum absolute atomic E-state index is 0.223. The van der Waals surface area contributed by atoms with Crippen LogP contribution in [0.25, 0.3) is 0 Å². The van der Waals surface area contributed by atoms with Crippen molar-refractivity contribution in [1.82, 2.24) is 5.32 Å². The van der Waals surface area contributed by atoms with Crippen LogP contribution >= 0.6 is 11.8 Å². The first kappa shape index (κ1) is 18.5. The van der Waals surface area contributed by atoms with Crippen molar-refractivity contribution in [3.63, 3.8) is 0 Å². The SMILES string of the molecule is CCCNCc1ccc(SCCS(=O)(=O)C(C)(C)C)cc1. The van der Waals surface area contributed by atoms with Crippen molar-refractivity contribution in [3.05, 3.63) is 29.8 Å². The molecule has 5 heteroatoms. The number of hydrogen-bond donors (Lipinski definition) is 1. The van der Waals surface area contributed by atoms with Gasteiger partial charge < -0.3 is 5.32 Å². The molecule has 1 aromatic carbocycles. The molecule has 1 rings (SSSR count). The highest BCUT2D eigenvalue weighted by atomic mass is 32.2. The third-order valence-corrected chi connectivity index (χ3v) is 7.11. The van der Waals surface area contributed by atoms with Crippen LogP contribution in [-0.4, -0.2) is 31.2 Å². The molecular formula is C16H27NO2S2. The summed E-state index contributed by atoms with van der Waals surface area (Å²) in [5.74, 6) is 0.827. The fourth-order valence-corrected chi connectivity index (χ4v) is 4.08. The van der Waals surface area contributed by atoms with Gasteiger partial charge in [0.05, 0.1) is 10.5 Å². The quantitative estimate of drug-likeness (QED) is 0.586. The highest BCUT2D eigenvalue weighted by Crippen LogP contribution is 2.22. The van der Waals surface area contributed by atoms with Gasteiger partial charge in [0, 0.05) is 17.2 Å². The summed E-state index contributed by atoms with van der Waals surface area (Å²) in [4.78, 5) is 1.12. The minimum atomic E-state index is -3.02. The molecule has 0 amide bonds. The van der Waals surface area contributed by atoms with Crippen LogP contribution in [0, 0.1) is 0 Å². The van der Waals surface area contributed by atoms with Gasteiger partial charge >= 0.3 is 0 Å². The first-order valence-corrected chi connectivity index (χ1v) is 10.0. The summed E-state index contributed by atoms with van der Waals surface area (Å²) in [6, 6.07) is 8.33. The average molecular weight is 330 g/mol. The number of sulfone groups is 1. The van der Waals surface area contributed by atoms with Crippen LogP contribution in [0.2, 0.25) is 0 Å². The summed E-state index contributed by atoms with van der Waals surface area (Å²) < 4.78 is 23.4. The Morgan fingerprint density at radius 2 is 1.76 bits per heavy atom. The number of thioether (sulfide) groups is 1. The lowest BCUT2D eigenvalue weighted by Gasteiger charge is -2.18. The Kier molecular flexibility index (Phi) is 7.24. The molecule has 0 saturated carbocycles. The van der Waals surface area contributed by atoms with E-state index in [2.05, 4.69) is 36.5 Å². The molecular weight excluding hydrogens is 302 g/mol. The van der Waals surface area contributed by atoms with Crippen molar-refractivity contribution >= 4 is 21.6 Å². The molecule has 0 radical (unpaired) electrons. The second-order valence-electron chi connectivity index (χ2n) is 6.10. The van der Waals surface area contributed by atoms with Gasteiger partial charge in [-0.25, -0.2) is 8.42 Å². The van der Waals surface area contributed by atoms with Crippen molar-refractivity contribution < 1.29 is 8.42 Å². The molecule has 120 valence electrons. The molecule has 0 aliphatic carbocycles. The van der Waals surface area contributed by atoms with Gasteiger partial charge in [-0.1, -0.05) is 19.1 Å². The van der Waals surface area contributed by atoms with E-state index in [1.165, 1.54) is 5.56 Å². The van der Waals surface area contributed by atoms with Crippen LogP contribution in [0.15, 0.2) is 29.2 Å². The van der Waals surface area contributed by atoms with Crippen molar-refractivity contribution in [1.29, 1.82) is 0 Å². The van der Waals surface area contributed by atoms with Crippen LogP contribution in [-0.2, 0) is 16.4 Å². The van der Waals surface area contributed by atoms with Crippen LogP contribution < -0.4 is 5.32 Å². The van der Waals surface area contributed by atoms with Crippen molar-refractivity contribution in [2.75, 3.05) is 18.1 Å². The lowest BCUT2D eigenvalue weighted by Crippen LogP contribution is -2.31. The molecule has 1 N–H and O–H groups in total. The third-order valence-electron chi connectivity index (χ3n) is 3.23. The molecule has 0 heterocycles. The van der Waals surface area contributed by atoms with E-state index in [-0.39, 0.29) is 5.75 Å². The fraction of sp³-hybridized carbons (Fsp3) is 0.625. The molecule has 0 aliphatic heterocycles. The van der Waals surface area contributed by atoms with Crippen LogP contribution in [0.1, 0.15) is 39.7 Å². The van der Waals surface area contributed by atoms with E-state index in [0.29, 0.717) is 5.75 Å². The van der Waals surface area contributed by atoms with Gasteiger partial charge in [0.1, 0.15) is 0 Å². The van der Waals surface area contributed by atoms with Crippen molar-refractivity contribution in [2.45, 2.75) is 50.3 Å². The van der Waals surface area contributed by atoms with E-state index in [9.17, 15) is 8.42 Å². The van der Waals surface area contributed by atoms with Gasteiger partial charge in [0.2, 0.25) is 0 Å². The molecule has 0 bridgehead atoms. The minimum Gasteiger partial charge on any atom is -0.313 e. The molecule has 0 unspecified atom stereocenters. The van der Waals surface area contributed by atoms with Gasteiger partial charge in [0.25, 0.3) is 0 Å². The zero-order valence-electron chi connectivity index (χ0n) is 13.5. The predicted octanol–water partition coefficient (Wildman–Crippen LogP) is 3.49. The first-order valence-electron chi connectivity index (χ1n) is 7.41. The molecule has 0 saturated heterocycles. The maximum absolute atomic E-state index is 12.0. The molecule has 21 heavy (non-hydrogen) atoms. The van der Waals surface area contributed by atoms with Crippen LogP contribution in [0.5, 0.6) is 0 Å². The summed E-state index contributed by atoms with van der Waals surface area (Å²) in [6.07, 6.45) is 1.14. The average Bonchev–Trinajstić information content (AvgIpc) is 2.39. The molecule has 1 aromatic rings. The normalized spacial score (nSPS) is 12.6. The van der Waals surface area contributed by atoms with E-state index in [0.717, 1.165) is 24.4 Å². The Hall–Kier alpha value is -0.520. The van der Waals surface area contributed by atoms with Gasteiger partial charge in [-0.05, 0) is 51.4 Å². The lowest BCUT2D eigenvalue weighted by atomic mass is 10.2. The number of rotatable bonds is 8. The molecule has 3 nitrogen and oxygen atoms in total. The topological polar surface area (TPSA) is 46.2 Å². The number of benzene rings is 1. The summed E-state index contributed by atoms with van der Waals surface area (Å²) >= 11 is 1.60. The van der Waals surface area contributed by atoms with Crippen molar-refractivity contribution in [3.8, 4) is 0 Å². The highest BCUT2D eigenvalue weighted by Gasteiger charge is 2.28. The van der Waals surface area contributed by atoms with E-state index in [4.69, 9.17) is 0 Å². The monoisotopic (exact) mass is 329 g/mol. The molecule has 0 atom stereocenters. The van der Waals surface area contributed by atoms with Gasteiger partial charge in [-0.3, -0.25) is 0 Å². The second kappa shape index (κ2) is 8.20. The van der Waals surface area contributed by atoms with Gasteiger partial charge in [-0.15, -0.1) is 11.8 Å². The maximum Gasteiger partial charge on any atom is 0.156 e.